The molecular weight excluding hydrogens is 330 g/mol. The Bertz CT molecular complexity index is 671. The Hall–Kier alpha value is -2.08. The zero-order valence-corrected chi connectivity index (χ0v) is 16.0. The first-order chi connectivity index (χ1) is 12.2. The van der Waals surface area contributed by atoms with Crippen LogP contribution in [0.5, 0.6) is 0 Å². The van der Waals surface area contributed by atoms with Crippen LogP contribution in [0.3, 0.4) is 0 Å². The third-order valence-corrected chi connectivity index (χ3v) is 5.19. The van der Waals surface area contributed by atoms with Gasteiger partial charge in [0.2, 0.25) is 5.91 Å². The minimum Gasteiger partial charge on any atom is -0.444 e. The Kier molecular flexibility index (Phi) is 4.97. The first-order valence-electron chi connectivity index (χ1n) is 9.26. The van der Waals surface area contributed by atoms with Crippen molar-refractivity contribution in [3.63, 3.8) is 0 Å². The van der Waals surface area contributed by atoms with Crippen molar-refractivity contribution in [3.8, 4) is 0 Å². The Morgan fingerprint density at radius 2 is 1.96 bits per heavy atom. The summed E-state index contributed by atoms with van der Waals surface area (Å²) >= 11 is 0. The summed E-state index contributed by atoms with van der Waals surface area (Å²) in [6.07, 6.45) is 0.463. The fourth-order valence-corrected chi connectivity index (χ4v) is 4.29. The monoisotopic (exact) mass is 359 g/mol. The number of fused-ring (bicyclic) bond motifs is 1. The number of likely N-dealkylation sites (tertiary alicyclic amines) is 1. The molecule has 142 valence electrons. The molecule has 3 atom stereocenters. The lowest BCUT2D eigenvalue weighted by Crippen LogP contribution is -2.60. The van der Waals surface area contributed by atoms with Crippen molar-refractivity contribution in [3.05, 3.63) is 35.9 Å². The van der Waals surface area contributed by atoms with Gasteiger partial charge in [-0.2, -0.15) is 0 Å². The van der Waals surface area contributed by atoms with E-state index in [4.69, 9.17) is 4.74 Å². The van der Waals surface area contributed by atoms with Crippen LogP contribution in [0.2, 0.25) is 0 Å². The van der Waals surface area contributed by atoms with Gasteiger partial charge >= 0.3 is 6.09 Å². The van der Waals surface area contributed by atoms with E-state index in [1.54, 1.807) is 11.8 Å². The number of piperidine rings is 1. The number of nitrogens with zero attached hydrogens (tertiary/aromatic N) is 1. The van der Waals surface area contributed by atoms with Gasteiger partial charge in [0, 0.05) is 25.9 Å². The normalized spacial score (nSPS) is 28.4. The Morgan fingerprint density at radius 3 is 2.58 bits per heavy atom. The lowest BCUT2D eigenvalue weighted by atomic mass is 9.76. The lowest BCUT2D eigenvalue weighted by molar-refractivity contribution is -0.121. The Morgan fingerprint density at radius 1 is 1.27 bits per heavy atom. The number of rotatable bonds is 2. The molecule has 6 heteroatoms. The lowest BCUT2D eigenvalue weighted by Gasteiger charge is -2.40. The summed E-state index contributed by atoms with van der Waals surface area (Å²) in [5, 5.41) is 6.61. The molecule has 2 aliphatic heterocycles. The van der Waals surface area contributed by atoms with Crippen LogP contribution >= 0.6 is 0 Å². The van der Waals surface area contributed by atoms with Crippen LogP contribution in [0.4, 0.5) is 4.79 Å². The van der Waals surface area contributed by atoms with Gasteiger partial charge in [0.05, 0.1) is 11.6 Å². The molecule has 2 fully saturated rings. The van der Waals surface area contributed by atoms with Crippen molar-refractivity contribution in [1.29, 1.82) is 0 Å². The van der Waals surface area contributed by atoms with Crippen molar-refractivity contribution < 1.29 is 14.3 Å². The fourth-order valence-electron chi connectivity index (χ4n) is 4.29. The maximum absolute atomic E-state index is 13.0. The largest absolute Gasteiger partial charge is 0.444 e. The minimum absolute atomic E-state index is 0.0604. The van der Waals surface area contributed by atoms with E-state index in [1.807, 2.05) is 51.1 Å². The van der Waals surface area contributed by atoms with Gasteiger partial charge in [0.1, 0.15) is 5.60 Å². The molecule has 0 aliphatic carbocycles. The van der Waals surface area contributed by atoms with E-state index in [0.717, 1.165) is 25.1 Å². The molecular formula is C20H29N3O3. The predicted molar refractivity (Wildman–Crippen MR) is 99.6 cm³/mol. The summed E-state index contributed by atoms with van der Waals surface area (Å²) in [5.74, 6) is 0.0322. The van der Waals surface area contributed by atoms with Crippen molar-refractivity contribution in [2.75, 3.05) is 19.6 Å². The van der Waals surface area contributed by atoms with Gasteiger partial charge in [-0.1, -0.05) is 30.3 Å². The van der Waals surface area contributed by atoms with Crippen LogP contribution in [0, 0.1) is 5.92 Å². The van der Waals surface area contributed by atoms with Gasteiger partial charge in [-0.05, 0) is 39.3 Å². The molecule has 6 nitrogen and oxygen atoms in total. The van der Waals surface area contributed by atoms with E-state index >= 15 is 0 Å². The molecule has 2 saturated heterocycles. The number of benzene rings is 1. The first kappa shape index (κ1) is 18.7. The molecule has 1 aromatic rings. The number of carbonyl (C=O) groups excluding carboxylic acids is 2. The molecule has 1 aromatic carbocycles. The minimum atomic E-state index is -0.564. The third kappa shape index (κ3) is 3.70. The predicted octanol–water partition coefficient (Wildman–Crippen LogP) is 2.46. The highest BCUT2D eigenvalue weighted by molar-refractivity contribution is 5.75. The maximum Gasteiger partial charge on any atom is 0.410 e. The molecule has 3 rings (SSSR count). The van der Waals surface area contributed by atoms with Gasteiger partial charge in [-0.15, -0.1) is 0 Å². The van der Waals surface area contributed by atoms with Gasteiger partial charge in [0.15, 0.2) is 0 Å². The molecule has 1 unspecified atom stereocenters. The summed E-state index contributed by atoms with van der Waals surface area (Å²) in [5.41, 5.74) is 0.0827. The second-order valence-corrected chi connectivity index (χ2v) is 8.36. The van der Waals surface area contributed by atoms with Gasteiger partial charge in [0.25, 0.3) is 0 Å². The van der Waals surface area contributed by atoms with Gasteiger partial charge in [-0.25, -0.2) is 4.79 Å². The van der Waals surface area contributed by atoms with E-state index in [0.29, 0.717) is 6.54 Å². The molecule has 2 N–H and O–H groups in total. The molecule has 26 heavy (non-hydrogen) atoms. The number of carbonyl (C=O) groups is 2. The SMILES string of the molecule is CC(=O)N[C@@]12CCNCC1[C@@H](c1ccccc1)N(C(=O)OC(C)(C)C)C2. The van der Waals surface area contributed by atoms with Crippen LogP contribution < -0.4 is 10.6 Å². The van der Waals surface area contributed by atoms with E-state index < -0.39 is 11.1 Å². The van der Waals surface area contributed by atoms with E-state index in [9.17, 15) is 9.59 Å². The second-order valence-electron chi connectivity index (χ2n) is 8.36. The Labute approximate surface area is 155 Å². The summed E-state index contributed by atoms with van der Waals surface area (Å²) in [4.78, 5) is 26.7. The standard InChI is InChI=1S/C20H29N3O3/c1-14(24)22-20-10-11-21-12-16(20)17(15-8-6-5-7-9-15)23(13-20)18(25)26-19(2,3)4/h5-9,16-17,21H,10-13H2,1-4H3,(H,22,24)/t16?,17-,20-/m1/s1. The van der Waals surface area contributed by atoms with E-state index in [1.165, 1.54) is 0 Å². The molecule has 2 aliphatic rings. The highest BCUT2D eigenvalue weighted by atomic mass is 16.6. The van der Waals surface area contributed by atoms with Crippen LogP contribution in [0.25, 0.3) is 0 Å². The first-order valence-corrected chi connectivity index (χ1v) is 9.26. The van der Waals surface area contributed by atoms with Crippen molar-refractivity contribution in [2.24, 2.45) is 5.92 Å². The number of amides is 2. The average molecular weight is 359 g/mol. The van der Waals surface area contributed by atoms with Crippen molar-refractivity contribution >= 4 is 12.0 Å². The summed E-state index contributed by atoms with van der Waals surface area (Å²) in [6.45, 7) is 9.19. The van der Waals surface area contributed by atoms with Crippen LogP contribution in [-0.4, -0.2) is 47.7 Å². The second kappa shape index (κ2) is 6.91. The zero-order chi connectivity index (χ0) is 18.9. The van der Waals surface area contributed by atoms with Crippen LogP contribution in [0.1, 0.15) is 45.7 Å². The number of hydrogen-bond acceptors (Lipinski definition) is 4. The molecule has 0 radical (unpaired) electrons. The molecule has 0 bridgehead atoms. The molecule has 2 amide bonds. The van der Waals surface area contributed by atoms with Crippen molar-refractivity contribution in [2.45, 2.75) is 51.3 Å². The highest BCUT2D eigenvalue weighted by Crippen LogP contribution is 2.46. The number of hydrogen-bond donors (Lipinski definition) is 2. The molecule has 0 spiro atoms. The summed E-state index contributed by atoms with van der Waals surface area (Å²) < 4.78 is 5.68. The third-order valence-electron chi connectivity index (χ3n) is 5.19. The van der Waals surface area contributed by atoms with Crippen molar-refractivity contribution in [1.82, 2.24) is 15.5 Å². The van der Waals surface area contributed by atoms with Crippen LogP contribution in [-0.2, 0) is 9.53 Å². The number of nitrogens with one attached hydrogen (secondary N) is 2. The molecule has 2 heterocycles. The highest BCUT2D eigenvalue weighted by Gasteiger charge is 2.56. The van der Waals surface area contributed by atoms with E-state index in [2.05, 4.69) is 10.6 Å². The van der Waals surface area contributed by atoms with Crippen LogP contribution in [0.15, 0.2) is 30.3 Å². The maximum atomic E-state index is 13.0. The quantitative estimate of drug-likeness (QED) is 0.851. The Balaban J connectivity index is 2.00. The molecule has 0 saturated carbocycles. The zero-order valence-electron chi connectivity index (χ0n) is 16.0. The van der Waals surface area contributed by atoms with E-state index in [-0.39, 0.29) is 24.0 Å². The topological polar surface area (TPSA) is 70.7 Å². The van der Waals surface area contributed by atoms with Gasteiger partial charge < -0.3 is 15.4 Å². The average Bonchev–Trinajstić information content (AvgIpc) is 2.88. The number of ether oxygens (including phenoxy) is 1. The fraction of sp³-hybridized carbons (Fsp3) is 0.600. The summed E-state index contributed by atoms with van der Waals surface area (Å²) in [7, 11) is 0. The smallest absolute Gasteiger partial charge is 0.410 e. The molecule has 0 aromatic heterocycles. The van der Waals surface area contributed by atoms with Gasteiger partial charge in [-0.3, -0.25) is 9.69 Å². The summed E-state index contributed by atoms with van der Waals surface area (Å²) in [6, 6.07) is 9.89.